The SMILES string of the molecule is CCN(CC)c1ccc(C(=C2C=CC(=[N+](CC)CC)C=C2)c2ccc(C=O)c(C(=O)NC=O)c2)cc1. The van der Waals surface area contributed by atoms with Crippen LogP contribution in [0.25, 0.3) is 5.57 Å². The molecule has 6 heteroatoms. The molecule has 0 atom stereocenters. The van der Waals surface area contributed by atoms with Crippen molar-refractivity contribution < 1.29 is 19.0 Å². The molecule has 36 heavy (non-hydrogen) atoms. The Bertz CT molecular complexity index is 1220. The summed E-state index contributed by atoms with van der Waals surface area (Å²) in [5, 5.41) is 2.15. The van der Waals surface area contributed by atoms with Crippen LogP contribution in [0.4, 0.5) is 5.69 Å². The molecule has 0 heterocycles. The summed E-state index contributed by atoms with van der Waals surface area (Å²) < 4.78 is 2.28. The van der Waals surface area contributed by atoms with Gasteiger partial charge in [-0.3, -0.25) is 19.7 Å². The van der Waals surface area contributed by atoms with E-state index in [1.165, 1.54) is 0 Å². The van der Waals surface area contributed by atoms with Crippen molar-refractivity contribution in [1.29, 1.82) is 0 Å². The maximum Gasteiger partial charge on any atom is 0.258 e. The van der Waals surface area contributed by atoms with Crippen LogP contribution in [0.1, 0.15) is 59.5 Å². The summed E-state index contributed by atoms with van der Waals surface area (Å²) in [7, 11) is 0. The Hall–Kier alpha value is -4.06. The second kappa shape index (κ2) is 12.6. The highest BCUT2D eigenvalue weighted by atomic mass is 16.2. The largest absolute Gasteiger partial charge is 0.372 e. The first-order chi connectivity index (χ1) is 17.5. The van der Waals surface area contributed by atoms with Gasteiger partial charge in [-0.05, 0) is 80.3 Å². The highest BCUT2D eigenvalue weighted by molar-refractivity contribution is 6.07. The molecule has 1 N–H and O–H groups in total. The zero-order valence-corrected chi connectivity index (χ0v) is 21.5. The van der Waals surface area contributed by atoms with Crippen molar-refractivity contribution >= 4 is 35.6 Å². The number of allylic oxidation sites excluding steroid dienone is 5. The second-order valence-electron chi connectivity index (χ2n) is 8.32. The van der Waals surface area contributed by atoms with Crippen LogP contribution in [0, 0.1) is 0 Å². The Balaban J connectivity index is 2.20. The molecule has 0 aliphatic heterocycles. The standard InChI is InChI=1S/C30H33N3O3/c1-5-32(6-2)26-15-11-22(12-16-26)29(23-13-17-27(18-14-23)33(7-3)8-4)24-9-10-25(20-34)28(19-24)30(36)31-21-35/h9-21H,5-8H2,1-4H3/p+1. The molecule has 3 rings (SSSR count). The number of benzene rings is 2. The molecule has 0 saturated heterocycles. The number of anilines is 1. The molecular formula is C30H34N3O3+. The number of aldehydes is 1. The van der Waals surface area contributed by atoms with Crippen molar-refractivity contribution in [2.75, 3.05) is 31.1 Å². The molecule has 0 bridgehead atoms. The molecule has 2 amide bonds. The third kappa shape index (κ3) is 5.77. The van der Waals surface area contributed by atoms with Crippen molar-refractivity contribution in [3.8, 4) is 0 Å². The Labute approximate surface area is 213 Å². The minimum atomic E-state index is -0.609. The highest BCUT2D eigenvalue weighted by Gasteiger charge is 2.18. The number of carbonyl (C=O) groups is 3. The fourth-order valence-corrected chi connectivity index (χ4v) is 4.50. The summed E-state index contributed by atoms with van der Waals surface area (Å²) in [6.07, 6.45) is 9.33. The third-order valence-electron chi connectivity index (χ3n) is 6.47. The summed E-state index contributed by atoms with van der Waals surface area (Å²) in [5.74, 6) is -0.609. The molecule has 2 aromatic carbocycles. The Morgan fingerprint density at radius 1 is 0.861 bits per heavy atom. The van der Waals surface area contributed by atoms with E-state index in [0.29, 0.717) is 12.7 Å². The van der Waals surface area contributed by atoms with E-state index in [1.54, 1.807) is 12.1 Å². The van der Waals surface area contributed by atoms with Crippen LogP contribution in [-0.4, -0.2) is 55.1 Å². The molecule has 6 nitrogen and oxygen atoms in total. The molecule has 0 unspecified atom stereocenters. The molecule has 0 aromatic heterocycles. The fraction of sp³-hybridized carbons (Fsp3) is 0.267. The molecule has 0 saturated carbocycles. The number of rotatable bonds is 10. The van der Waals surface area contributed by atoms with Crippen LogP contribution in [0.2, 0.25) is 0 Å². The summed E-state index contributed by atoms with van der Waals surface area (Å²) in [5.41, 5.74) is 6.36. The molecule has 1 aliphatic rings. The van der Waals surface area contributed by atoms with Gasteiger partial charge in [0.15, 0.2) is 12.0 Å². The smallest absolute Gasteiger partial charge is 0.258 e. The van der Waals surface area contributed by atoms with Crippen molar-refractivity contribution in [1.82, 2.24) is 5.32 Å². The van der Waals surface area contributed by atoms with Gasteiger partial charge >= 0.3 is 0 Å². The quantitative estimate of drug-likeness (QED) is 0.394. The average Bonchev–Trinajstić information content (AvgIpc) is 2.92. The summed E-state index contributed by atoms with van der Waals surface area (Å²) in [6, 6.07) is 13.5. The van der Waals surface area contributed by atoms with E-state index in [1.807, 2.05) is 6.07 Å². The molecule has 0 fully saturated rings. The van der Waals surface area contributed by atoms with Crippen LogP contribution < -0.4 is 10.2 Å². The Kier molecular flexibility index (Phi) is 9.28. The lowest BCUT2D eigenvalue weighted by atomic mass is 9.89. The van der Waals surface area contributed by atoms with Crippen molar-refractivity contribution in [2.45, 2.75) is 27.7 Å². The van der Waals surface area contributed by atoms with Crippen LogP contribution >= 0.6 is 0 Å². The minimum Gasteiger partial charge on any atom is -0.372 e. The molecule has 1 aliphatic carbocycles. The fourth-order valence-electron chi connectivity index (χ4n) is 4.50. The maximum absolute atomic E-state index is 12.5. The number of hydrogen-bond acceptors (Lipinski definition) is 4. The van der Waals surface area contributed by atoms with E-state index >= 15 is 0 Å². The molecule has 2 aromatic rings. The van der Waals surface area contributed by atoms with E-state index in [2.05, 4.69) is 91.1 Å². The molecule has 186 valence electrons. The van der Waals surface area contributed by atoms with Gasteiger partial charge in [0, 0.05) is 36.5 Å². The third-order valence-corrected chi connectivity index (χ3v) is 6.47. The van der Waals surface area contributed by atoms with E-state index in [9.17, 15) is 14.4 Å². The van der Waals surface area contributed by atoms with Gasteiger partial charge in [-0.15, -0.1) is 0 Å². The zero-order valence-electron chi connectivity index (χ0n) is 21.5. The number of amides is 2. The van der Waals surface area contributed by atoms with Crippen LogP contribution in [0.15, 0.2) is 72.3 Å². The highest BCUT2D eigenvalue weighted by Crippen LogP contribution is 2.32. The van der Waals surface area contributed by atoms with E-state index in [0.717, 1.165) is 59.9 Å². The van der Waals surface area contributed by atoms with Gasteiger partial charge in [0.2, 0.25) is 6.41 Å². The van der Waals surface area contributed by atoms with Gasteiger partial charge in [0.05, 0.1) is 5.56 Å². The first-order valence-electron chi connectivity index (χ1n) is 12.4. The van der Waals surface area contributed by atoms with E-state index < -0.39 is 5.91 Å². The molecule has 0 spiro atoms. The Morgan fingerprint density at radius 2 is 1.47 bits per heavy atom. The van der Waals surface area contributed by atoms with Gasteiger partial charge in [0.1, 0.15) is 13.1 Å². The lowest BCUT2D eigenvalue weighted by Crippen LogP contribution is -2.23. The topological polar surface area (TPSA) is 69.5 Å². The first kappa shape index (κ1) is 26.5. The van der Waals surface area contributed by atoms with Crippen LogP contribution in [0.3, 0.4) is 0 Å². The molecule has 0 radical (unpaired) electrons. The average molecular weight is 485 g/mol. The predicted octanol–water partition coefficient (Wildman–Crippen LogP) is 4.65. The van der Waals surface area contributed by atoms with Crippen LogP contribution in [-0.2, 0) is 4.79 Å². The normalized spacial score (nSPS) is 12.3. The Morgan fingerprint density at radius 3 is 2.00 bits per heavy atom. The van der Waals surface area contributed by atoms with E-state index in [-0.39, 0.29) is 11.1 Å². The van der Waals surface area contributed by atoms with Crippen LogP contribution in [0.5, 0.6) is 0 Å². The predicted molar refractivity (Wildman–Crippen MR) is 146 cm³/mol. The summed E-state index contributed by atoms with van der Waals surface area (Å²) in [6.45, 7) is 12.2. The van der Waals surface area contributed by atoms with Crippen molar-refractivity contribution in [3.05, 3.63) is 94.6 Å². The zero-order chi connectivity index (χ0) is 26.1. The number of nitrogens with zero attached hydrogens (tertiary/aromatic N) is 2. The number of imide groups is 1. The minimum absolute atomic E-state index is 0.159. The van der Waals surface area contributed by atoms with Crippen molar-refractivity contribution in [2.24, 2.45) is 0 Å². The van der Waals surface area contributed by atoms with Gasteiger partial charge in [-0.2, -0.15) is 0 Å². The van der Waals surface area contributed by atoms with Gasteiger partial charge < -0.3 is 4.90 Å². The second-order valence-corrected chi connectivity index (χ2v) is 8.32. The summed E-state index contributed by atoms with van der Waals surface area (Å²) in [4.78, 5) is 37.3. The molecular weight excluding hydrogens is 450 g/mol. The number of carbonyl (C=O) groups excluding carboxylic acids is 3. The van der Waals surface area contributed by atoms with Gasteiger partial charge in [0.25, 0.3) is 5.91 Å². The van der Waals surface area contributed by atoms with E-state index in [4.69, 9.17) is 0 Å². The van der Waals surface area contributed by atoms with Crippen molar-refractivity contribution in [3.63, 3.8) is 0 Å². The number of nitrogens with one attached hydrogen (secondary N) is 1. The maximum atomic E-state index is 12.5. The summed E-state index contributed by atoms with van der Waals surface area (Å²) >= 11 is 0. The lowest BCUT2D eigenvalue weighted by molar-refractivity contribution is -0.519. The van der Waals surface area contributed by atoms with Gasteiger partial charge in [-0.25, -0.2) is 4.58 Å². The van der Waals surface area contributed by atoms with Gasteiger partial charge in [-0.1, -0.05) is 24.3 Å². The first-order valence-corrected chi connectivity index (χ1v) is 12.4. The number of hydrogen-bond donors (Lipinski definition) is 1. The lowest BCUT2D eigenvalue weighted by Gasteiger charge is -2.22. The monoisotopic (exact) mass is 484 g/mol.